The zero-order valence-corrected chi connectivity index (χ0v) is 14.1. The van der Waals surface area contributed by atoms with Crippen molar-refractivity contribution in [1.82, 2.24) is 4.90 Å². The number of rotatable bonds is 6. The van der Waals surface area contributed by atoms with Gasteiger partial charge in [0.2, 0.25) is 0 Å². The molecule has 1 aromatic carbocycles. The van der Waals surface area contributed by atoms with E-state index in [4.69, 9.17) is 15.2 Å². The first-order valence-electron chi connectivity index (χ1n) is 7.76. The molecule has 0 radical (unpaired) electrons. The fourth-order valence-electron chi connectivity index (χ4n) is 2.93. The van der Waals surface area contributed by atoms with Crippen molar-refractivity contribution < 1.29 is 9.47 Å². The van der Waals surface area contributed by atoms with Gasteiger partial charge in [-0.1, -0.05) is 6.92 Å². The summed E-state index contributed by atoms with van der Waals surface area (Å²) in [4.78, 5) is 2.48. The van der Waals surface area contributed by atoms with Crippen LogP contribution in [0, 0.1) is 5.92 Å². The van der Waals surface area contributed by atoms with Gasteiger partial charge in [-0.05, 0) is 58.9 Å². The van der Waals surface area contributed by atoms with Gasteiger partial charge in [0.05, 0.1) is 4.47 Å². The molecule has 2 N–H and O–H groups in total. The Kier molecular flexibility index (Phi) is 4.72. The number of fused-ring (bicyclic) bond motifs is 1. The molecule has 0 saturated heterocycles. The molecule has 3 rings (SSSR count). The molecule has 0 amide bonds. The minimum Gasteiger partial charge on any atom is -0.486 e. The Balaban J connectivity index is 1.86. The molecule has 1 unspecified atom stereocenters. The number of halogens is 1. The second kappa shape index (κ2) is 6.55. The maximum absolute atomic E-state index is 6.07. The monoisotopic (exact) mass is 354 g/mol. The van der Waals surface area contributed by atoms with Crippen LogP contribution < -0.4 is 15.2 Å². The van der Waals surface area contributed by atoms with E-state index in [9.17, 15) is 0 Å². The summed E-state index contributed by atoms with van der Waals surface area (Å²) in [6.45, 7) is 6.20. The highest BCUT2D eigenvalue weighted by Crippen LogP contribution is 2.41. The molecular weight excluding hydrogens is 332 g/mol. The van der Waals surface area contributed by atoms with Crippen LogP contribution in [0.5, 0.6) is 11.5 Å². The SMILES string of the molecule is CCN(CC1CC1)C(CN)c1cc(Br)c2c(c1)OCCO2. The fraction of sp³-hybridized carbons (Fsp3) is 0.625. The summed E-state index contributed by atoms with van der Waals surface area (Å²) in [7, 11) is 0. The van der Waals surface area contributed by atoms with E-state index in [-0.39, 0.29) is 6.04 Å². The van der Waals surface area contributed by atoms with Crippen molar-refractivity contribution in [2.24, 2.45) is 11.7 Å². The van der Waals surface area contributed by atoms with Crippen LogP contribution in [0.1, 0.15) is 31.4 Å². The van der Waals surface area contributed by atoms with Crippen molar-refractivity contribution in [2.45, 2.75) is 25.8 Å². The van der Waals surface area contributed by atoms with Gasteiger partial charge in [0.15, 0.2) is 11.5 Å². The standard InChI is InChI=1S/C16H23BrN2O2/c1-2-19(10-11-3-4-11)14(9-18)12-7-13(17)16-15(8-12)20-5-6-21-16/h7-8,11,14H,2-6,9-10,18H2,1H3. The molecule has 0 aromatic heterocycles. The number of hydrogen-bond donors (Lipinski definition) is 1. The van der Waals surface area contributed by atoms with Crippen molar-refractivity contribution in [2.75, 3.05) is 32.8 Å². The quantitative estimate of drug-likeness (QED) is 0.852. The first-order chi connectivity index (χ1) is 10.2. The predicted molar refractivity (Wildman–Crippen MR) is 86.9 cm³/mol. The maximum atomic E-state index is 6.07. The summed E-state index contributed by atoms with van der Waals surface area (Å²) in [5.74, 6) is 2.50. The van der Waals surface area contributed by atoms with Crippen molar-refractivity contribution in [3.05, 3.63) is 22.2 Å². The lowest BCUT2D eigenvalue weighted by atomic mass is 10.0. The molecule has 0 spiro atoms. The van der Waals surface area contributed by atoms with Crippen LogP contribution in [0.3, 0.4) is 0 Å². The highest BCUT2D eigenvalue weighted by atomic mass is 79.9. The molecule has 1 heterocycles. The Hall–Kier alpha value is -0.780. The van der Waals surface area contributed by atoms with Gasteiger partial charge in [0, 0.05) is 19.1 Å². The van der Waals surface area contributed by atoms with Gasteiger partial charge in [-0.25, -0.2) is 0 Å². The third-order valence-electron chi connectivity index (χ3n) is 4.26. The van der Waals surface area contributed by atoms with Crippen molar-refractivity contribution in [3.63, 3.8) is 0 Å². The first-order valence-corrected chi connectivity index (χ1v) is 8.55. The van der Waals surface area contributed by atoms with Gasteiger partial charge in [-0.3, -0.25) is 4.90 Å². The van der Waals surface area contributed by atoms with Gasteiger partial charge in [0.25, 0.3) is 0 Å². The lowest BCUT2D eigenvalue weighted by Gasteiger charge is -2.31. The molecule has 21 heavy (non-hydrogen) atoms. The minimum atomic E-state index is 0.239. The largest absolute Gasteiger partial charge is 0.486 e. The number of ether oxygens (including phenoxy) is 2. The summed E-state index contributed by atoms with van der Waals surface area (Å²) in [6.07, 6.45) is 2.72. The molecule has 1 atom stereocenters. The number of likely N-dealkylation sites (N-methyl/N-ethyl adjacent to an activating group) is 1. The molecule has 1 aliphatic carbocycles. The van der Waals surface area contributed by atoms with Crippen molar-refractivity contribution >= 4 is 15.9 Å². The van der Waals surface area contributed by atoms with Crippen molar-refractivity contribution in [1.29, 1.82) is 0 Å². The average Bonchev–Trinajstić information content (AvgIpc) is 3.31. The normalized spacial score (nSPS) is 18.9. The van der Waals surface area contributed by atoms with Gasteiger partial charge >= 0.3 is 0 Å². The Morgan fingerprint density at radius 3 is 2.76 bits per heavy atom. The second-order valence-electron chi connectivity index (χ2n) is 5.81. The topological polar surface area (TPSA) is 47.7 Å². The Morgan fingerprint density at radius 1 is 1.33 bits per heavy atom. The Bertz CT molecular complexity index is 505. The van der Waals surface area contributed by atoms with Crippen LogP contribution in [-0.2, 0) is 0 Å². The minimum absolute atomic E-state index is 0.239. The molecule has 1 aliphatic heterocycles. The van der Waals surface area contributed by atoms with E-state index in [2.05, 4.69) is 39.9 Å². The van der Waals surface area contributed by atoms with Crippen LogP contribution in [0.25, 0.3) is 0 Å². The number of benzene rings is 1. The third kappa shape index (κ3) is 3.35. The number of nitrogens with zero attached hydrogens (tertiary/aromatic N) is 1. The first kappa shape index (κ1) is 15.1. The van der Waals surface area contributed by atoms with E-state index in [1.54, 1.807) is 0 Å². The summed E-state index contributed by atoms with van der Waals surface area (Å²) >= 11 is 3.60. The molecule has 1 saturated carbocycles. The lowest BCUT2D eigenvalue weighted by Crippen LogP contribution is -2.35. The average molecular weight is 355 g/mol. The molecule has 0 bridgehead atoms. The third-order valence-corrected chi connectivity index (χ3v) is 4.85. The van der Waals surface area contributed by atoms with Crippen molar-refractivity contribution in [3.8, 4) is 11.5 Å². The highest BCUT2D eigenvalue weighted by Gasteiger charge is 2.28. The van der Waals surface area contributed by atoms with E-state index in [1.165, 1.54) is 18.4 Å². The van der Waals surface area contributed by atoms with E-state index in [1.807, 2.05) is 0 Å². The summed E-state index contributed by atoms with van der Waals surface area (Å²) in [6, 6.07) is 4.45. The van der Waals surface area contributed by atoms with Gasteiger partial charge in [0.1, 0.15) is 13.2 Å². The van der Waals surface area contributed by atoms with E-state index >= 15 is 0 Å². The number of nitrogens with two attached hydrogens (primary N) is 1. The van der Waals surface area contributed by atoms with Gasteiger partial charge < -0.3 is 15.2 Å². The molecule has 2 aliphatic rings. The van der Waals surface area contributed by atoms with E-state index in [0.29, 0.717) is 19.8 Å². The van der Waals surface area contributed by atoms with Crippen LogP contribution in [-0.4, -0.2) is 37.7 Å². The van der Waals surface area contributed by atoms with Crippen LogP contribution >= 0.6 is 15.9 Å². The summed E-state index contributed by atoms with van der Waals surface area (Å²) in [5.41, 5.74) is 7.28. The zero-order chi connectivity index (χ0) is 14.8. The summed E-state index contributed by atoms with van der Waals surface area (Å²) < 4.78 is 12.4. The van der Waals surface area contributed by atoms with E-state index in [0.717, 1.165) is 35.0 Å². The van der Waals surface area contributed by atoms with Crippen LogP contribution in [0.4, 0.5) is 0 Å². The molecule has 1 aromatic rings. The molecule has 4 nitrogen and oxygen atoms in total. The number of hydrogen-bond acceptors (Lipinski definition) is 4. The van der Waals surface area contributed by atoms with Crippen LogP contribution in [0.2, 0.25) is 0 Å². The Morgan fingerprint density at radius 2 is 2.10 bits per heavy atom. The zero-order valence-electron chi connectivity index (χ0n) is 12.5. The highest BCUT2D eigenvalue weighted by molar-refractivity contribution is 9.10. The van der Waals surface area contributed by atoms with Crippen LogP contribution in [0.15, 0.2) is 16.6 Å². The second-order valence-corrected chi connectivity index (χ2v) is 6.66. The molecule has 5 heteroatoms. The molecule has 116 valence electrons. The fourth-order valence-corrected chi connectivity index (χ4v) is 3.50. The predicted octanol–water partition coefficient (Wildman–Crippen LogP) is 2.95. The molecular formula is C16H23BrN2O2. The lowest BCUT2D eigenvalue weighted by molar-refractivity contribution is 0.168. The van der Waals surface area contributed by atoms with E-state index < -0.39 is 0 Å². The maximum Gasteiger partial charge on any atom is 0.175 e. The summed E-state index contributed by atoms with van der Waals surface area (Å²) in [5, 5.41) is 0. The van der Waals surface area contributed by atoms with Gasteiger partial charge in [-0.2, -0.15) is 0 Å². The smallest absolute Gasteiger partial charge is 0.175 e. The Labute approximate surface area is 134 Å². The molecule has 1 fully saturated rings. The van der Waals surface area contributed by atoms with Gasteiger partial charge in [-0.15, -0.1) is 0 Å².